The van der Waals surface area contributed by atoms with Gasteiger partial charge in [0.2, 0.25) is 0 Å². The maximum Gasteiger partial charge on any atom is 0.269 e. The SMILES string of the molecule is CC(N)Cc1cc([N+](=O)[O-])ccc1O. The van der Waals surface area contributed by atoms with Crippen LogP contribution in [0.1, 0.15) is 12.5 Å². The number of benzene rings is 1. The Balaban J connectivity index is 3.02. The molecular formula is C9H12N2O3. The zero-order valence-corrected chi connectivity index (χ0v) is 7.80. The van der Waals surface area contributed by atoms with Gasteiger partial charge < -0.3 is 10.8 Å². The van der Waals surface area contributed by atoms with Crippen LogP contribution in [0, 0.1) is 10.1 Å². The van der Waals surface area contributed by atoms with Crippen molar-refractivity contribution in [1.82, 2.24) is 0 Å². The molecule has 0 aliphatic carbocycles. The fourth-order valence-electron chi connectivity index (χ4n) is 1.20. The lowest BCUT2D eigenvalue weighted by Gasteiger charge is -2.06. The highest BCUT2D eigenvalue weighted by atomic mass is 16.6. The van der Waals surface area contributed by atoms with E-state index in [0.717, 1.165) is 0 Å². The van der Waals surface area contributed by atoms with Gasteiger partial charge in [-0.05, 0) is 19.4 Å². The maximum atomic E-state index is 10.4. The number of nitro groups is 1. The summed E-state index contributed by atoms with van der Waals surface area (Å²) in [6.45, 7) is 1.78. The van der Waals surface area contributed by atoms with Gasteiger partial charge in [0, 0.05) is 23.7 Å². The van der Waals surface area contributed by atoms with Crippen LogP contribution in [0.4, 0.5) is 5.69 Å². The van der Waals surface area contributed by atoms with Crippen LogP contribution in [0.5, 0.6) is 5.75 Å². The summed E-state index contributed by atoms with van der Waals surface area (Å²) in [6.07, 6.45) is 0.424. The predicted octanol–water partition coefficient (Wildman–Crippen LogP) is 1.19. The second-order valence-corrected chi connectivity index (χ2v) is 3.25. The minimum Gasteiger partial charge on any atom is -0.508 e. The lowest BCUT2D eigenvalue weighted by molar-refractivity contribution is -0.384. The highest BCUT2D eigenvalue weighted by Crippen LogP contribution is 2.23. The first-order valence-electron chi connectivity index (χ1n) is 4.22. The van der Waals surface area contributed by atoms with Crippen LogP contribution >= 0.6 is 0 Å². The molecule has 1 aromatic carbocycles. The number of rotatable bonds is 3. The molecule has 0 radical (unpaired) electrons. The highest BCUT2D eigenvalue weighted by molar-refractivity contribution is 5.43. The van der Waals surface area contributed by atoms with Crippen LogP contribution in [0.3, 0.4) is 0 Å². The monoisotopic (exact) mass is 196 g/mol. The Morgan fingerprint density at radius 3 is 2.79 bits per heavy atom. The van der Waals surface area contributed by atoms with Gasteiger partial charge in [-0.3, -0.25) is 10.1 Å². The smallest absolute Gasteiger partial charge is 0.269 e. The van der Waals surface area contributed by atoms with Gasteiger partial charge >= 0.3 is 0 Å². The fraction of sp³-hybridized carbons (Fsp3) is 0.333. The molecule has 0 saturated heterocycles. The van der Waals surface area contributed by atoms with Crippen molar-refractivity contribution in [2.24, 2.45) is 5.73 Å². The highest BCUT2D eigenvalue weighted by Gasteiger charge is 2.11. The number of phenols is 1. The topological polar surface area (TPSA) is 89.4 Å². The molecule has 5 nitrogen and oxygen atoms in total. The average molecular weight is 196 g/mol. The van der Waals surface area contributed by atoms with E-state index in [9.17, 15) is 15.2 Å². The number of hydrogen-bond donors (Lipinski definition) is 2. The summed E-state index contributed by atoms with van der Waals surface area (Å²) in [4.78, 5) is 9.95. The number of hydrogen-bond acceptors (Lipinski definition) is 4. The average Bonchev–Trinajstić information content (AvgIpc) is 2.07. The molecule has 3 N–H and O–H groups in total. The Morgan fingerprint density at radius 2 is 2.29 bits per heavy atom. The first kappa shape index (κ1) is 10.5. The van der Waals surface area contributed by atoms with Gasteiger partial charge in [-0.25, -0.2) is 0 Å². The van der Waals surface area contributed by atoms with Gasteiger partial charge in [0.05, 0.1) is 4.92 Å². The predicted molar refractivity (Wildman–Crippen MR) is 52.1 cm³/mol. The lowest BCUT2D eigenvalue weighted by atomic mass is 10.1. The molecule has 0 aliphatic rings. The number of nitrogens with zero attached hydrogens (tertiary/aromatic N) is 1. The Hall–Kier alpha value is -1.62. The van der Waals surface area contributed by atoms with E-state index in [1.165, 1.54) is 18.2 Å². The maximum absolute atomic E-state index is 10.4. The number of nitrogens with two attached hydrogens (primary N) is 1. The molecule has 1 atom stereocenters. The van der Waals surface area contributed by atoms with Crippen molar-refractivity contribution < 1.29 is 10.0 Å². The molecule has 1 aromatic rings. The first-order chi connectivity index (χ1) is 6.50. The molecule has 14 heavy (non-hydrogen) atoms. The van der Waals surface area contributed by atoms with Crippen molar-refractivity contribution in [3.8, 4) is 5.75 Å². The van der Waals surface area contributed by atoms with E-state index in [1.807, 2.05) is 0 Å². The number of phenolic OH excluding ortho intramolecular Hbond substituents is 1. The van der Waals surface area contributed by atoms with E-state index in [4.69, 9.17) is 5.73 Å². The molecule has 5 heteroatoms. The summed E-state index contributed by atoms with van der Waals surface area (Å²) in [5.41, 5.74) is 6.02. The van der Waals surface area contributed by atoms with E-state index < -0.39 is 4.92 Å². The van der Waals surface area contributed by atoms with Crippen LogP contribution < -0.4 is 5.73 Å². The standard InChI is InChI=1S/C9H12N2O3/c1-6(10)4-7-5-8(11(13)14)2-3-9(7)12/h2-3,5-6,12H,4,10H2,1H3. The van der Waals surface area contributed by atoms with E-state index in [-0.39, 0.29) is 17.5 Å². The first-order valence-corrected chi connectivity index (χ1v) is 4.22. The Kier molecular flexibility index (Phi) is 3.03. The molecule has 1 unspecified atom stereocenters. The van der Waals surface area contributed by atoms with Crippen molar-refractivity contribution in [2.75, 3.05) is 0 Å². The molecule has 76 valence electrons. The molecule has 0 aromatic heterocycles. The number of aromatic hydroxyl groups is 1. The third-order valence-corrected chi connectivity index (χ3v) is 1.82. The molecule has 0 saturated carbocycles. The van der Waals surface area contributed by atoms with E-state index in [1.54, 1.807) is 6.92 Å². The molecule has 0 fully saturated rings. The summed E-state index contributed by atoms with van der Waals surface area (Å²) >= 11 is 0. The Morgan fingerprint density at radius 1 is 1.64 bits per heavy atom. The summed E-state index contributed by atoms with van der Waals surface area (Å²) in [5, 5.41) is 19.8. The van der Waals surface area contributed by atoms with Crippen molar-refractivity contribution >= 4 is 5.69 Å². The molecule has 1 rings (SSSR count). The minimum atomic E-state index is -0.496. The van der Waals surface area contributed by atoms with Crippen LogP contribution in [-0.4, -0.2) is 16.1 Å². The van der Waals surface area contributed by atoms with Crippen LogP contribution in [0.2, 0.25) is 0 Å². The molecule has 0 aliphatic heterocycles. The van der Waals surface area contributed by atoms with E-state index in [2.05, 4.69) is 0 Å². The Labute approximate surface area is 81.3 Å². The largest absolute Gasteiger partial charge is 0.508 e. The molecule has 0 heterocycles. The van der Waals surface area contributed by atoms with Crippen molar-refractivity contribution in [2.45, 2.75) is 19.4 Å². The second-order valence-electron chi connectivity index (χ2n) is 3.25. The van der Waals surface area contributed by atoms with Crippen LogP contribution in [-0.2, 0) is 6.42 Å². The fourth-order valence-corrected chi connectivity index (χ4v) is 1.20. The third kappa shape index (κ3) is 2.43. The minimum absolute atomic E-state index is 0.0292. The van der Waals surface area contributed by atoms with Crippen molar-refractivity contribution in [1.29, 1.82) is 0 Å². The zero-order valence-electron chi connectivity index (χ0n) is 7.80. The van der Waals surface area contributed by atoms with Gasteiger partial charge in [0.25, 0.3) is 5.69 Å². The summed E-state index contributed by atoms with van der Waals surface area (Å²) in [7, 11) is 0. The molecule has 0 amide bonds. The third-order valence-electron chi connectivity index (χ3n) is 1.82. The molecule has 0 spiro atoms. The lowest BCUT2D eigenvalue weighted by Crippen LogP contribution is -2.17. The second kappa shape index (κ2) is 4.06. The Bertz CT molecular complexity index is 350. The molecular weight excluding hydrogens is 184 g/mol. The summed E-state index contributed by atoms with van der Waals surface area (Å²) in [5.74, 6) is 0.0490. The van der Waals surface area contributed by atoms with E-state index >= 15 is 0 Å². The van der Waals surface area contributed by atoms with Crippen molar-refractivity contribution in [3.05, 3.63) is 33.9 Å². The summed E-state index contributed by atoms with van der Waals surface area (Å²) in [6, 6.07) is 3.79. The van der Waals surface area contributed by atoms with Crippen molar-refractivity contribution in [3.63, 3.8) is 0 Å². The van der Waals surface area contributed by atoms with Crippen LogP contribution in [0.15, 0.2) is 18.2 Å². The zero-order chi connectivity index (χ0) is 10.7. The quantitative estimate of drug-likeness (QED) is 0.561. The summed E-state index contributed by atoms with van der Waals surface area (Å²) < 4.78 is 0. The normalized spacial score (nSPS) is 12.4. The van der Waals surface area contributed by atoms with Gasteiger partial charge in [-0.1, -0.05) is 0 Å². The van der Waals surface area contributed by atoms with Gasteiger partial charge in [-0.2, -0.15) is 0 Å². The van der Waals surface area contributed by atoms with E-state index in [0.29, 0.717) is 12.0 Å². The van der Waals surface area contributed by atoms with Crippen LogP contribution in [0.25, 0.3) is 0 Å². The number of non-ortho nitro benzene ring substituents is 1. The molecule has 0 bridgehead atoms. The van der Waals surface area contributed by atoms with Gasteiger partial charge in [0.15, 0.2) is 0 Å². The van der Waals surface area contributed by atoms with Gasteiger partial charge in [0.1, 0.15) is 5.75 Å². The van der Waals surface area contributed by atoms with Gasteiger partial charge in [-0.15, -0.1) is 0 Å². The number of nitro benzene ring substituents is 1.